The molecule has 0 bridgehead atoms. The van der Waals surface area contributed by atoms with Gasteiger partial charge in [-0.2, -0.15) is 5.10 Å². The van der Waals surface area contributed by atoms with E-state index in [1.807, 2.05) is 50.4 Å². The van der Waals surface area contributed by atoms with E-state index in [2.05, 4.69) is 47.6 Å². The Kier molecular flexibility index (Phi) is 5.50. The molecule has 0 aliphatic heterocycles. The highest BCUT2D eigenvalue weighted by Gasteiger charge is 2.26. The number of rotatable bonds is 2. The second-order valence-corrected chi connectivity index (χ2v) is 8.86. The van der Waals surface area contributed by atoms with E-state index in [9.17, 15) is 5.11 Å². The van der Waals surface area contributed by atoms with Crippen molar-refractivity contribution in [2.24, 2.45) is 5.10 Å². The van der Waals surface area contributed by atoms with Crippen LogP contribution >= 0.6 is 0 Å². The first-order chi connectivity index (χ1) is 11.9. The minimum atomic E-state index is -0.157. The van der Waals surface area contributed by atoms with Crippen LogP contribution in [0.3, 0.4) is 0 Å². The van der Waals surface area contributed by atoms with Crippen LogP contribution in [0.4, 0.5) is 5.69 Å². The molecule has 1 aliphatic carbocycles. The SMILES string of the molecule is CC=C1C=CC=C/C1=N/N(C)c1cc(C(C)(C)C)cc(C(C)(C)C)c1O. The van der Waals surface area contributed by atoms with Crippen molar-refractivity contribution in [2.45, 2.75) is 59.3 Å². The van der Waals surface area contributed by atoms with Crippen molar-refractivity contribution < 1.29 is 5.11 Å². The van der Waals surface area contributed by atoms with Gasteiger partial charge in [0, 0.05) is 12.6 Å². The maximum Gasteiger partial charge on any atom is 0.144 e. The van der Waals surface area contributed by atoms with E-state index in [0.717, 1.165) is 22.5 Å². The van der Waals surface area contributed by atoms with Crippen LogP contribution < -0.4 is 5.01 Å². The van der Waals surface area contributed by atoms with Gasteiger partial charge < -0.3 is 5.11 Å². The van der Waals surface area contributed by atoms with Crippen LogP contribution in [0.25, 0.3) is 0 Å². The molecule has 0 heterocycles. The number of phenolic OH excluding ortho intramolecular Hbond substituents is 1. The van der Waals surface area contributed by atoms with Crippen molar-refractivity contribution in [3.8, 4) is 5.75 Å². The third-order valence-electron chi connectivity index (χ3n) is 4.62. The molecular formula is C23H32N2O. The summed E-state index contributed by atoms with van der Waals surface area (Å²) in [5.74, 6) is 0.301. The van der Waals surface area contributed by atoms with E-state index in [4.69, 9.17) is 5.10 Å². The minimum Gasteiger partial charge on any atom is -0.505 e. The molecule has 0 fully saturated rings. The molecule has 0 saturated carbocycles. The number of nitrogens with zero attached hydrogens (tertiary/aromatic N) is 2. The number of phenols is 1. The molecule has 0 unspecified atom stereocenters. The molecule has 1 aromatic carbocycles. The van der Waals surface area contributed by atoms with Crippen LogP contribution in [0.1, 0.15) is 59.6 Å². The zero-order valence-electron chi connectivity index (χ0n) is 17.4. The molecule has 0 spiro atoms. The molecule has 1 aliphatic rings. The second kappa shape index (κ2) is 7.14. The van der Waals surface area contributed by atoms with Gasteiger partial charge in [-0.05, 0) is 41.0 Å². The Labute approximate surface area is 158 Å². The molecule has 3 nitrogen and oxygen atoms in total. The summed E-state index contributed by atoms with van der Waals surface area (Å²) in [5, 5.41) is 17.5. The molecule has 0 radical (unpaired) electrons. The lowest BCUT2D eigenvalue weighted by atomic mass is 9.79. The van der Waals surface area contributed by atoms with Crippen molar-refractivity contribution >= 4 is 11.4 Å². The van der Waals surface area contributed by atoms with Crippen LogP contribution in [0.15, 0.2) is 53.2 Å². The number of allylic oxidation sites excluding steroid dienone is 6. The predicted molar refractivity (Wildman–Crippen MR) is 113 cm³/mol. The van der Waals surface area contributed by atoms with E-state index < -0.39 is 0 Å². The summed E-state index contributed by atoms with van der Waals surface area (Å²) in [6.07, 6.45) is 10.0. The van der Waals surface area contributed by atoms with Crippen molar-refractivity contribution in [1.29, 1.82) is 0 Å². The van der Waals surface area contributed by atoms with Gasteiger partial charge in [0.25, 0.3) is 0 Å². The number of hydrogen-bond acceptors (Lipinski definition) is 3. The fourth-order valence-electron chi connectivity index (χ4n) is 2.91. The Balaban J connectivity index is 2.61. The summed E-state index contributed by atoms with van der Waals surface area (Å²) in [7, 11) is 1.89. The molecule has 26 heavy (non-hydrogen) atoms. The Morgan fingerprint density at radius 2 is 1.58 bits per heavy atom. The van der Waals surface area contributed by atoms with Gasteiger partial charge in [0.05, 0.1) is 5.71 Å². The standard InChI is InChI=1S/C23H32N2O/c1-9-16-12-10-11-13-19(16)24-25(8)20-15-17(22(2,3)4)14-18(21(20)26)23(5,6)7/h9-15,26H,1-8H3/b16-9?,24-19-. The molecule has 140 valence electrons. The van der Waals surface area contributed by atoms with Crippen molar-refractivity contribution in [3.63, 3.8) is 0 Å². The largest absolute Gasteiger partial charge is 0.505 e. The molecule has 0 aromatic heterocycles. The van der Waals surface area contributed by atoms with Gasteiger partial charge in [-0.3, -0.25) is 5.01 Å². The van der Waals surface area contributed by atoms with Crippen molar-refractivity contribution in [2.75, 3.05) is 12.1 Å². The van der Waals surface area contributed by atoms with E-state index >= 15 is 0 Å². The summed E-state index contributed by atoms with van der Waals surface area (Å²) in [6, 6.07) is 4.17. The predicted octanol–water partition coefficient (Wildman–Crippen LogP) is 5.85. The lowest BCUT2D eigenvalue weighted by Gasteiger charge is -2.29. The fourth-order valence-corrected chi connectivity index (χ4v) is 2.91. The summed E-state index contributed by atoms with van der Waals surface area (Å²) in [4.78, 5) is 0. The quantitative estimate of drug-likeness (QED) is 0.678. The highest BCUT2D eigenvalue weighted by molar-refractivity contribution is 6.11. The van der Waals surface area contributed by atoms with Crippen molar-refractivity contribution in [3.05, 3.63) is 59.2 Å². The zero-order chi connectivity index (χ0) is 19.7. The zero-order valence-corrected chi connectivity index (χ0v) is 17.4. The first-order valence-corrected chi connectivity index (χ1v) is 9.17. The molecule has 0 amide bonds. The van der Waals surface area contributed by atoms with E-state index in [0.29, 0.717) is 5.75 Å². The third-order valence-corrected chi connectivity index (χ3v) is 4.62. The highest BCUT2D eigenvalue weighted by Crippen LogP contribution is 2.41. The molecule has 0 atom stereocenters. The van der Waals surface area contributed by atoms with Gasteiger partial charge in [0.15, 0.2) is 0 Å². The molecule has 3 heteroatoms. The average molecular weight is 353 g/mol. The minimum absolute atomic E-state index is 0.0155. The monoisotopic (exact) mass is 352 g/mol. The average Bonchev–Trinajstić information content (AvgIpc) is 2.53. The summed E-state index contributed by atoms with van der Waals surface area (Å²) >= 11 is 0. The molecule has 1 aromatic rings. The molecule has 1 N–H and O–H groups in total. The smallest absolute Gasteiger partial charge is 0.144 e. The number of anilines is 1. The normalized spacial score (nSPS) is 18.0. The molecule has 0 saturated heterocycles. The van der Waals surface area contributed by atoms with Gasteiger partial charge >= 0.3 is 0 Å². The molecule has 2 rings (SSSR count). The first-order valence-electron chi connectivity index (χ1n) is 9.17. The number of benzene rings is 1. The Bertz CT molecular complexity index is 797. The second-order valence-electron chi connectivity index (χ2n) is 8.86. The van der Waals surface area contributed by atoms with Gasteiger partial charge in [-0.1, -0.05) is 71.9 Å². The van der Waals surface area contributed by atoms with Crippen molar-refractivity contribution in [1.82, 2.24) is 0 Å². The van der Waals surface area contributed by atoms with Crippen LogP contribution in [0.5, 0.6) is 5.75 Å². The van der Waals surface area contributed by atoms with E-state index in [1.165, 1.54) is 5.56 Å². The van der Waals surface area contributed by atoms with E-state index in [1.54, 1.807) is 5.01 Å². The Hall–Kier alpha value is -2.29. The summed E-state index contributed by atoms with van der Waals surface area (Å²) in [5.41, 5.74) is 4.64. The molecular weight excluding hydrogens is 320 g/mol. The van der Waals surface area contributed by atoms with Gasteiger partial charge in [-0.15, -0.1) is 0 Å². The van der Waals surface area contributed by atoms with E-state index in [-0.39, 0.29) is 10.8 Å². The maximum absolute atomic E-state index is 11.0. The van der Waals surface area contributed by atoms with Crippen LogP contribution in [-0.2, 0) is 10.8 Å². The maximum atomic E-state index is 11.0. The summed E-state index contributed by atoms with van der Waals surface area (Å²) < 4.78 is 0. The Morgan fingerprint density at radius 3 is 2.12 bits per heavy atom. The van der Waals surface area contributed by atoms with Crippen LogP contribution in [0, 0.1) is 0 Å². The van der Waals surface area contributed by atoms with Crippen LogP contribution in [0.2, 0.25) is 0 Å². The lowest BCUT2D eigenvalue weighted by molar-refractivity contribution is 0.444. The van der Waals surface area contributed by atoms with Gasteiger partial charge in [-0.25, -0.2) is 0 Å². The Morgan fingerprint density at radius 1 is 0.962 bits per heavy atom. The first kappa shape index (κ1) is 20.0. The van der Waals surface area contributed by atoms with Crippen LogP contribution in [-0.4, -0.2) is 17.9 Å². The number of hydrazone groups is 1. The summed E-state index contributed by atoms with van der Waals surface area (Å²) in [6.45, 7) is 14.9. The highest BCUT2D eigenvalue weighted by atomic mass is 16.3. The topological polar surface area (TPSA) is 35.8 Å². The number of aromatic hydroxyl groups is 1. The lowest BCUT2D eigenvalue weighted by Crippen LogP contribution is -2.20. The number of hydrogen-bond donors (Lipinski definition) is 1. The third kappa shape index (κ3) is 4.27. The van der Waals surface area contributed by atoms with Gasteiger partial charge in [0.1, 0.15) is 11.4 Å². The van der Waals surface area contributed by atoms with Gasteiger partial charge in [0.2, 0.25) is 0 Å². The fraction of sp³-hybridized carbons (Fsp3) is 0.435.